The number of ketones is 1. The van der Waals surface area contributed by atoms with Crippen molar-refractivity contribution in [3.05, 3.63) is 6.57 Å². The average Bonchev–Trinajstić information content (AvgIpc) is 3.21. The van der Waals surface area contributed by atoms with Crippen LogP contribution < -0.4 is 35.3 Å². The van der Waals surface area contributed by atoms with Gasteiger partial charge in [-0.15, -0.1) is 0 Å². The molecule has 0 bridgehead atoms. The molecular formula is C31H78BN3NaO21P4. The van der Waals surface area contributed by atoms with Crippen LogP contribution in [0.4, 0.5) is 0 Å². The second kappa shape index (κ2) is 60.5. The minimum absolute atomic E-state index is 0. The van der Waals surface area contributed by atoms with Crippen molar-refractivity contribution in [3.63, 3.8) is 0 Å². The van der Waals surface area contributed by atoms with E-state index < -0.39 is 124 Å². The quantitative estimate of drug-likeness (QED) is 0.0157. The van der Waals surface area contributed by atoms with Gasteiger partial charge < -0.3 is 119 Å². The molecule has 0 aliphatic heterocycles. The molecule has 3 radical (unpaired) electrons. The fourth-order valence-electron chi connectivity index (χ4n) is 3.33. The third kappa shape index (κ3) is 45.4. The van der Waals surface area contributed by atoms with Crippen LogP contribution in [0.5, 0.6) is 0 Å². The SMILES string of the molecule is CCCC(=O)C(O)C(O)C(O)CO.CCCC(O)C(O)C(O)C(O)CO.CN.CN=CC(O)C(O)C(O)C(O)CO.O=CC(O)C(O)C(O)C(O)CO.P.P.P.P.[B].[C-]#N.[Na+]. The van der Waals surface area contributed by atoms with Gasteiger partial charge in [-0.2, -0.15) is 39.6 Å². The number of rotatable bonds is 22. The molecular weight excluding hydrogens is 908 g/mol. The van der Waals surface area contributed by atoms with Crippen LogP contribution in [-0.4, -0.2) is 256 Å². The van der Waals surface area contributed by atoms with Gasteiger partial charge in [-0.25, -0.2) is 0 Å². The van der Waals surface area contributed by atoms with E-state index in [9.17, 15) is 19.8 Å². The number of hydrogen-bond donors (Lipinski definition) is 20. The van der Waals surface area contributed by atoms with Crippen LogP contribution in [0.3, 0.4) is 0 Å². The van der Waals surface area contributed by atoms with Gasteiger partial charge in [0, 0.05) is 28.1 Å². The van der Waals surface area contributed by atoms with E-state index >= 15 is 0 Å². The molecule has 24 nitrogen and oxygen atoms in total. The smallest absolute Gasteiger partial charge is 0.512 e. The molecule has 30 heteroatoms. The molecule has 0 aromatic heterocycles. The zero-order chi connectivity index (χ0) is 45.0. The van der Waals surface area contributed by atoms with Gasteiger partial charge in [-0.1, -0.05) is 20.3 Å². The van der Waals surface area contributed by atoms with Crippen LogP contribution in [0.1, 0.15) is 39.5 Å². The summed E-state index contributed by atoms with van der Waals surface area (Å²) in [5.41, 5.74) is 4.50. The topological polar surface area (TPSA) is 481 Å². The van der Waals surface area contributed by atoms with E-state index in [0.29, 0.717) is 19.3 Å². The third-order valence-corrected chi connectivity index (χ3v) is 6.64. The van der Waals surface area contributed by atoms with Crippen LogP contribution in [0, 0.1) is 11.8 Å². The molecule has 0 aromatic rings. The number of carbonyl (C=O) groups is 2. The standard InChI is InChI=1S/C8H18O5.C8H16O5.C7H15NO5.C6H12O6.CH5N.CN.B.Na.4H3P/c2*1-2-3-5(10)7(12)8(13)6(11)4-9;1-8-2-4(10)6(12)7(13)5(11)3-9;7-1-3(9)5(11)6(12)4(10)2-8;2*1-2;;;;;;/h5-13H,2-4H2,1H3;6-9,11-13H,2-4H2,1H3;2,4-7,9-13H,3H2,1H3;1,3-6,8-12H,2H2;2H2,1H3;;;;4*1H3/q;;;;;-1;;+1;;;;. The van der Waals surface area contributed by atoms with Crippen LogP contribution in [0.25, 0.3) is 0 Å². The maximum atomic E-state index is 11.0. The Morgan fingerprint density at radius 2 is 0.836 bits per heavy atom. The molecule has 0 spiro atoms. The molecule has 0 aliphatic rings. The molecule has 367 valence electrons. The Balaban J connectivity index is -0.0000000494. The Hall–Kier alpha value is 0.485. The van der Waals surface area contributed by atoms with Gasteiger partial charge in [0.05, 0.1) is 32.5 Å². The number of hydrogen-bond acceptors (Lipinski definition) is 24. The van der Waals surface area contributed by atoms with Crippen LogP contribution >= 0.6 is 39.6 Å². The largest absolute Gasteiger partial charge is 1.00 e. The van der Waals surface area contributed by atoms with Gasteiger partial charge in [0.15, 0.2) is 12.1 Å². The Morgan fingerprint density at radius 1 is 0.557 bits per heavy atom. The Labute approximate surface area is 394 Å². The second-order valence-corrected chi connectivity index (χ2v) is 11.0. The number of aldehydes is 1. The van der Waals surface area contributed by atoms with Crippen molar-refractivity contribution in [1.29, 1.82) is 5.26 Å². The molecule has 0 aliphatic carbocycles. The number of Topliss-reactive ketones (excluding diaryl/α,β-unsaturated/α-hetero) is 1. The number of aliphatic hydroxyl groups is 19. The molecule has 19 unspecified atom stereocenters. The first-order valence-corrected chi connectivity index (χ1v) is 16.5. The summed E-state index contributed by atoms with van der Waals surface area (Å²) in [7, 11) is 2.89. The average molecular weight is 987 g/mol. The molecule has 0 fully saturated rings. The van der Waals surface area contributed by atoms with Gasteiger partial charge in [0.1, 0.15) is 85.5 Å². The summed E-state index contributed by atoms with van der Waals surface area (Å²) < 4.78 is 0. The molecule has 61 heavy (non-hydrogen) atoms. The summed E-state index contributed by atoms with van der Waals surface area (Å²) in [6.07, 6.45) is -20.2. The van der Waals surface area contributed by atoms with E-state index in [0.717, 1.165) is 6.21 Å². The van der Waals surface area contributed by atoms with Crippen molar-refractivity contribution >= 4 is 66.3 Å². The van der Waals surface area contributed by atoms with Crippen molar-refractivity contribution in [1.82, 2.24) is 0 Å². The normalized spacial score (nSPS) is 17.1. The monoisotopic (exact) mass is 986 g/mol. The summed E-state index contributed by atoms with van der Waals surface area (Å²) >= 11 is 0. The summed E-state index contributed by atoms with van der Waals surface area (Å²) in [5.74, 6) is -0.525. The Bertz CT molecular complexity index is 947. The molecule has 0 rings (SSSR count). The van der Waals surface area contributed by atoms with E-state index in [1.165, 1.54) is 14.1 Å². The molecule has 0 heterocycles. The Morgan fingerprint density at radius 3 is 1.10 bits per heavy atom. The van der Waals surface area contributed by atoms with Crippen molar-refractivity contribution < 1.29 is 136 Å². The maximum Gasteiger partial charge on any atom is 1.00 e. The van der Waals surface area contributed by atoms with Crippen LogP contribution in [0.15, 0.2) is 4.99 Å². The van der Waals surface area contributed by atoms with Crippen molar-refractivity contribution in [2.24, 2.45) is 10.7 Å². The summed E-state index contributed by atoms with van der Waals surface area (Å²) in [4.78, 5) is 24.3. The molecule has 0 aromatic carbocycles. The van der Waals surface area contributed by atoms with Gasteiger partial charge >= 0.3 is 29.6 Å². The van der Waals surface area contributed by atoms with Gasteiger partial charge in [-0.05, 0) is 19.9 Å². The molecule has 19 atom stereocenters. The number of aliphatic hydroxyl groups excluding tert-OH is 19. The zero-order valence-electron chi connectivity index (χ0n) is 35.7. The zero-order valence-corrected chi connectivity index (χ0v) is 43.3. The van der Waals surface area contributed by atoms with Gasteiger partial charge in [0.25, 0.3) is 0 Å². The van der Waals surface area contributed by atoms with Crippen LogP contribution in [-0.2, 0) is 9.59 Å². The summed E-state index contributed by atoms with van der Waals surface area (Å²) in [6.45, 7) is 5.57. The van der Waals surface area contributed by atoms with E-state index in [2.05, 4.69) is 10.7 Å². The first-order valence-electron chi connectivity index (χ1n) is 16.5. The van der Waals surface area contributed by atoms with E-state index in [1.807, 2.05) is 6.92 Å². The fourth-order valence-corrected chi connectivity index (χ4v) is 3.33. The predicted molar refractivity (Wildman–Crippen MR) is 239 cm³/mol. The Kier molecular flexibility index (Phi) is 91.1. The van der Waals surface area contributed by atoms with E-state index in [1.54, 1.807) is 6.92 Å². The second-order valence-electron chi connectivity index (χ2n) is 11.0. The number of nitrogens with two attached hydrogens (primary N) is 1. The molecule has 0 saturated carbocycles. The molecule has 0 amide bonds. The minimum Gasteiger partial charge on any atom is -0.512 e. The first-order chi connectivity index (χ1) is 25.7. The van der Waals surface area contributed by atoms with Gasteiger partial charge in [-0.3, -0.25) is 9.79 Å². The first kappa shape index (κ1) is 91.9. The van der Waals surface area contributed by atoms with E-state index in [-0.39, 0.29) is 90.3 Å². The maximum absolute atomic E-state index is 11.0. The molecule has 21 N–H and O–H groups in total. The minimum atomic E-state index is -1.79. The predicted octanol–water partition coefficient (Wildman–Crippen LogP) is -13.1. The third-order valence-electron chi connectivity index (χ3n) is 6.64. The van der Waals surface area contributed by atoms with Crippen molar-refractivity contribution in [2.75, 3.05) is 40.5 Å². The number of carbonyl (C=O) groups excluding carboxylic acids is 2. The fraction of sp³-hybridized carbons (Fsp3) is 0.871. The van der Waals surface area contributed by atoms with Gasteiger partial charge in [0.2, 0.25) is 0 Å². The van der Waals surface area contributed by atoms with Crippen molar-refractivity contribution in [3.8, 4) is 0 Å². The van der Waals surface area contributed by atoms with Crippen LogP contribution in [0.2, 0.25) is 0 Å². The summed E-state index contributed by atoms with van der Waals surface area (Å²) in [6, 6.07) is 0. The summed E-state index contributed by atoms with van der Waals surface area (Å²) in [5, 5.41) is 175. The molecule has 0 saturated heterocycles. The number of nitrogens with zero attached hydrogens (tertiary/aromatic N) is 2. The number of aliphatic imine (C=N–C) groups is 1. The van der Waals surface area contributed by atoms with E-state index in [4.69, 9.17) is 98.6 Å². The van der Waals surface area contributed by atoms with Crippen molar-refractivity contribution in [2.45, 2.75) is 131 Å².